The van der Waals surface area contributed by atoms with E-state index in [9.17, 15) is 0 Å². The van der Waals surface area contributed by atoms with Crippen LogP contribution in [0.4, 0.5) is 0 Å². The molecule has 0 aliphatic carbocycles. The molecule has 0 saturated heterocycles. The first kappa shape index (κ1) is 21.3. The molecule has 0 atom stereocenters. The molecule has 0 aliphatic rings. The van der Waals surface area contributed by atoms with Crippen LogP contribution in [0.3, 0.4) is 0 Å². The van der Waals surface area contributed by atoms with E-state index in [-0.39, 0.29) is 29.6 Å². The van der Waals surface area contributed by atoms with Crippen LogP contribution in [-0.4, -0.2) is 41.3 Å². The summed E-state index contributed by atoms with van der Waals surface area (Å²) < 4.78 is 0. The molecule has 1 N–H and O–H groups in total. The van der Waals surface area contributed by atoms with Crippen molar-refractivity contribution in [1.29, 1.82) is 0 Å². The van der Waals surface area contributed by atoms with Gasteiger partial charge < -0.3 is 5.11 Å². The Hall–Kier alpha value is 0.960. The molecule has 0 bridgehead atoms. The Bertz CT molecular complexity index is 114. The monoisotopic (exact) mass is 266 g/mol. The second kappa shape index (κ2) is 20.3. The van der Waals surface area contributed by atoms with Crippen molar-refractivity contribution in [2.24, 2.45) is 0 Å². The van der Waals surface area contributed by atoms with Crippen LogP contribution in [0.2, 0.25) is 0 Å². The number of hydrogen-bond donors (Lipinski definition) is 1. The Morgan fingerprint density at radius 3 is 1.06 bits per heavy atom. The molecule has 0 heterocycles. The predicted octanol–water partition coefficient (Wildman–Crippen LogP) is 4.81. The van der Waals surface area contributed by atoms with Crippen molar-refractivity contribution in [2.45, 2.75) is 96.8 Å². The van der Waals surface area contributed by atoms with E-state index in [0.717, 1.165) is 6.42 Å². The first-order chi connectivity index (χ1) is 8.41. The maximum atomic E-state index is 8.64. The molecule has 1 nitrogen and oxygen atoms in total. The van der Waals surface area contributed by atoms with Crippen LogP contribution >= 0.6 is 0 Å². The molecule has 0 radical (unpaired) electrons. The third-order valence-corrected chi connectivity index (χ3v) is 3.51. The summed E-state index contributed by atoms with van der Waals surface area (Å²) in [5.74, 6) is 0. The summed E-state index contributed by atoms with van der Waals surface area (Å²) in [6, 6.07) is 0. The fraction of sp³-hybridized carbons (Fsp3) is 1.00. The molecule has 0 rings (SSSR count). The van der Waals surface area contributed by atoms with E-state index in [2.05, 4.69) is 6.92 Å². The summed E-state index contributed by atoms with van der Waals surface area (Å²) >= 11 is 0. The second-order valence-corrected chi connectivity index (χ2v) is 5.32. The molecule has 0 aromatic heterocycles. The normalized spacial score (nSPS) is 10.3. The Morgan fingerprint density at radius 2 is 0.778 bits per heavy atom. The summed E-state index contributed by atoms with van der Waals surface area (Å²) in [5, 5.41) is 8.64. The number of aliphatic hydroxyl groups is 1. The molecular weight excluding hydrogens is 231 g/mol. The van der Waals surface area contributed by atoms with Crippen LogP contribution in [0.25, 0.3) is 0 Å². The van der Waals surface area contributed by atoms with Crippen molar-refractivity contribution < 1.29 is 5.11 Å². The van der Waals surface area contributed by atoms with E-state index in [1.807, 2.05) is 0 Å². The van der Waals surface area contributed by atoms with Crippen LogP contribution in [0, 0.1) is 0 Å². The summed E-state index contributed by atoms with van der Waals surface area (Å²) in [4.78, 5) is 0. The van der Waals surface area contributed by atoms with Gasteiger partial charge in [-0.05, 0) is 6.42 Å². The van der Waals surface area contributed by atoms with E-state index in [0.29, 0.717) is 6.61 Å². The van der Waals surface area contributed by atoms with Gasteiger partial charge in [0.2, 0.25) is 0 Å². The average molecular weight is 266 g/mol. The van der Waals surface area contributed by atoms with Gasteiger partial charge in [-0.25, -0.2) is 0 Å². The Balaban J connectivity index is 0. The van der Waals surface area contributed by atoms with Crippen LogP contribution in [-0.2, 0) is 0 Å². The van der Waals surface area contributed by atoms with Crippen molar-refractivity contribution in [3.05, 3.63) is 0 Å². The molecule has 0 aliphatic heterocycles. The number of hydrogen-bond acceptors (Lipinski definition) is 1. The molecule has 0 amide bonds. The van der Waals surface area contributed by atoms with Gasteiger partial charge in [-0.15, -0.1) is 0 Å². The van der Waals surface area contributed by atoms with E-state index in [1.54, 1.807) is 0 Å². The van der Waals surface area contributed by atoms with Crippen molar-refractivity contribution in [2.75, 3.05) is 6.61 Å². The molecule has 0 saturated carbocycles. The minimum absolute atomic E-state index is 0. The molecule has 2 heteroatoms. The number of rotatable bonds is 14. The van der Waals surface area contributed by atoms with Gasteiger partial charge in [0.05, 0.1) is 0 Å². The molecule has 18 heavy (non-hydrogen) atoms. The minimum atomic E-state index is 0. The predicted molar refractivity (Wildman–Crippen MR) is 84.5 cm³/mol. The van der Waals surface area contributed by atoms with E-state index in [1.165, 1.54) is 83.5 Å². The zero-order valence-electron chi connectivity index (χ0n) is 12.1. The Kier molecular flexibility index (Phi) is 24.0. The third kappa shape index (κ3) is 19.3. The van der Waals surface area contributed by atoms with Gasteiger partial charge in [0, 0.05) is 6.61 Å². The fourth-order valence-corrected chi connectivity index (χ4v) is 2.31. The van der Waals surface area contributed by atoms with Gasteiger partial charge in [-0.3, -0.25) is 0 Å². The molecule has 0 aromatic rings. The molecule has 0 fully saturated rings. The van der Waals surface area contributed by atoms with Crippen LogP contribution in [0.15, 0.2) is 0 Å². The van der Waals surface area contributed by atoms with Crippen LogP contribution in [0.5, 0.6) is 0 Å². The van der Waals surface area contributed by atoms with Gasteiger partial charge >= 0.3 is 29.6 Å². The molecule has 0 spiro atoms. The van der Waals surface area contributed by atoms with Crippen molar-refractivity contribution in [3.63, 3.8) is 0 Å². The summed E-state index contributed by atoms with van der Waals surface area (Å²) in [5.41, 5.74) is 0. The average Bonchev–Trinajstić information content (AvgIpc) is 2.35. The van der Waals surface area contributed by atoms with Crippen molar-refractivity contribution >= 4 is 29.6 Å². The van der Waals surface area contributed by atoms with Gasteiger partial charge in [0.15, 0.2) is 0 Å². The number of aliphatic hydroxyl groups excluding tert-OH is 1. The summed E-state index contributed by atoms with van der Waals surface area (Å²) in [6.45, 7) is 2.65. The van der Waals surface area contributed by atoms with Gasteiger partial charge in [0.1, 0.15) is 0 Å². The second-order valence-electron chi connectivity index (χ2n) is 5.32. The van der Waals surface area contributed by atoms with Gasteiger partial charge in [-0.2, -0.15) is 0 Å². The first-order valence-electron chi connectivity index (χ1n) is 8.02. The summed E-state index contributed by atoms with van der Waals surface area (Å²) in [6.07, 6.45) is 19.2. The number of unbranched alkanes of at least 4 members (excludes halogenated alkanes) is 13. The molecular formula is C16H35NaO. The van der Waals surface area contributed by atoms with Crippen LogP contribution < -0.4 is 0 Å². The third-order valence-electron chi connectivity index (χ3n) is 3.51. The quantitative estimate of drug-likeness (QED) is 0.353. The summed E-state index contributed by atoms with van der Waals surface area (Å²) in [7, 11) is 0. The molecule has 0 unspecified atom stereocenters. The van der Waals surface area contributed by atoms with Crippen molar-refractivity contribution in [3.8, 4) is 0 Å². The van der Waals surface area contributed by atoms with E-state index in [4.69, 9.17) is 5.11 Å². The Morgan fingerprint density at radius 1 is 0.500 bits per heavy atom. The van der Waals surface area contributed by atoms with Gasteiger partial charge in [0.25, 0.3) is 0 Å². The molecule has 0 aromatic carbocycles. The van der Waals surface area contributed by atoms with Gasteiger partial charge in [-0.1, -0.05) is 90.4 Å². The zero-order chi connectivity index (χ0) is 12.6. The van der Waals surface area contributed by atoms with E-state index < -0.39 is 0 Å². The van der Waals surface area contributed by atoms with E-state index >= 15 is 0 Å². The Labute approximate surface area is 137 Å². The molecule has 106 valence electrons. The maximum absolute atomic E-state index is 8.64. The topological polar surface area (TPSA) is 20.2 Å². The fourth-order valence-electron chi connectivity index (χ4n) is 2.31. The van der Waals surface area contributed by atoms with Crippen molar-refractivity contribution in [1.82, 2.24) is 0 Å². The first-order valence-corrected chi connectivity index (χ1v) is 8.02. The standard InChI is InChI=1S/C16H34O.Na.H/c1-2-3-4-5-6-7-8-9-10-11-12-13-14-15-16-17;;/h17H,2-16H2,1H3;;. The SMILES string of the molecule is CCCCCCCCCCCCCCCCO.[NaH]. The zero-order valence-corrected chi connectivity index (χ0v) is 12.1. The van der Waals surface area contributed by atoms with Crippen LogP contribution in [0.1, 0.15) is 96.8 Å².